The van der Waals surface area contributed by atoms with Crippen LogP contribution in [0, 0.1) is 0 Å². The predicted octanol–water partition coefficient (Wildman–Crippen LogP) is 5.20. The number of hydrogen-bond donors (Lipinski definition) is 0. The summed E-state index contributed by atoms with van der Waals surface area (Å²) in [4.78, 5) is 0. The molecule has 0 bridgehead atoms. The molecule has 0 N–H and O–H groups in total. The minimum absolute atomic E-state index is 1.25. The summed E-state index contributed by atoms with van der Waals surface area (Å²) in [6.07, 6.45) is 9.47. The Morgan fingerprint density at radius 2 is 1.42 bits per heavy atom. The van der Waals surface area contributed by atoms with Gasteiger partial charge in [-0.1, -0.05) is 66.0 Å². The lowest BCUT2D eigenvalue weighted by Gasteiger charge is -1.83. The molecule has 0 amide bonds. The Bertz CT molecular complexity index is 53.1. The third-order valence-corrected chi connectivity index (χ3v) is 0.960. The maximum absolute atomic E-state index is 2.21. The fourth-order valence-corrected chi connectivity index (χ4v) is 0.489. The van der Waals surface area contributed by atoms with E-state index in [2.05, 4.69) is 39.8 Å². The summed E-state index contributed by atoms with van der Waals surface area (Å²) >= 11 is 0. The van der Waals surface area contributed by atoms with E-state index in [4.69, 9.17) is 0 Å². The van der Waals surface area contributed by atoms with Crippen LogP contribution in [0.1, 0.15) is 67.2 Å². The van der Waals surface area contributed by atoms with E-state index in [0.29, 0.717) is 0 Å². The molecule has 0 aromatic rings. The van der Waals surface area contributed by atoms with Gasteiger partial charge in [0.05, 0.1) is 0 Å². The largest absolute Gasteiger partial charge is 0.0917 e. The first-order chi connectivity index (χ1) is 5.83. The van der Waals surface area contributed by atoms with E-state index in [1.807, 2.05) is 13.8 Å². The molecule has 0 aromatic heterocycles. The van der Waals surface area contributed by atoms with E-state index in [9.17, 15) is 0 Å². The van der Waals surface area contributed by atoms with Gasteiger partial charge in [0, 0.05) is 0 Å². The number of hydrogen-bond acceptors (Lipinski definition) is 0. The first-order valence-electron chi connectivity index (χ1n) is 5.44. The zero-order valence-corrected chi connectivity index (χ0v) is 9.98. The molecule has 0 radical (unpaired) electrons. The smallest absolute Gasteiger partial charge is 0.0351 e. The summed E-state index contributed by atoms with van der Waals surface area (Å²) in [6.45, 7) is 12.5. The highest BCUT2D eigenvalue weighted by Crippen LogP contribution is 1.93. The molecule has 76 valence electrons. The van der Waals surface area contributed by atoms with Crippen molar-refractivity contribution < 1.29 is 0 Å². The second-order valence-electron chi connectivity index (χ2n) is 2.42. The third kappa shape index (κ3) is 53.2. The molecule has 0 spiro atoms. The van der Waals surface area contributed by atoms with Gasteiger partial charge in [-0.25, -0.2) is 0 Å². The Morgan fingerprint density at radius 1 is 1.00 bits per heavy atom. The van der Waals surface area contributed by atoms with Crippen LogP contribution in [0.4, 0.5) is 0 Å². The van der Waals surface area contributed by atoms with E-state index in [1.165, 1.54) is 25.7 Å². The number of rotatable bonds is 3. The maximum atomic E-state index is 2.21. The molecular weight excluding hydrogens is 144 g/mol. The number of allylic oxidation sites excluding steroid dienone is 2. The molecular formula is C12H28. The highest BCUT2D eigenvalue weighted by atomic mass is 13.8. The van der Waals surface area contributed by atoms with Crippen molar-refractivity contribution in [2.45, 2.75) is 67.2 Å². The first kappa shape index (κ1) is 17.7. The van der Waals surface area contributed by atoms with Crippen molar-refractivity contribution in [3.63, 3.8) is 0 Å². The molecule has 12 heavy (non-hydrogen) atoms. The van der Waals surface area contributed by atoms with Gasteiger partial charge in [0.2, 0.25) is 0 Å². The van der Waals surface area contributed by atoms with Crippen LogP contribution in [-0.2, 0) is 0 Å². The van der Waals surface area contributed by atoms with Gasteiger partial charge in [0.1, 0.15) is 0 Å². The molecule has 0 aromatic carbocycles. The van der Waals surface area contributed by atoms with E-state index in [-0.39, 0.29) is 0 Å². The van der Waals surface area contributed by atoms with Crippen LogP contribution in [0.15, 0.2) is 12.2 Å². The van der Waals surface area contributed by atoms with E-state index < -0.39 is 0 Å². The van der Waals surface area contributed by atoms with Gasteiger partial charge in [-0.3, -0.25) is 0 Å². The topological polar surface area (TPSA) is 0 Å². The summed E-state index contributed by atoms with van der Waals surface area (Å²) in [7, 11) is 0. The van der Waals surface area contributed by atoms with Crippen molar-refractivity contribution in [2.75, 3.05) is 0 Å². The summed E-state index contributed by atoms with van der Waals surface area (Å²) < 4.78 is 0. The lowest BCUT2D eigenvalue weighted by molar-refractivity contribution is 0.814. The zero-order valence-electron chi connectivity index (χ0n) is 9.98. The Balaban J connectivity index is -0.000000137. The molecule has 0 nitrogen and oxygen atoms in total. The van der Waals surface area contributed by atoms with Crippen molar-refractivity contribution in [1.29, 1.82) is 0 Å². The van der Waals surface area contributed by atoms with Gasteiger partial charge in [-0.15, -0.1) is 0 Å². The summed E-state index contributed by atoms with van der Waals surface area (Å²) in [5, 5.41) is 0. The van der Waals surface area contributed by atoms with Crippen LogP contribution in [-0.4, -0.2) is 0 Å². The molecule has 0 saturated carbocycles. The highest BCUT2D eigenvalue weighted by Gasteiger charge is 1.73. The molecule has 0 unspecified atom stereocenters. The van der Waals surface area contributed by atoms with Gasteiger partial charge >= 0.3 is 0 Å². The SMILES string of the molecule is C/C=C\CCCC.CC.CCC. The molecule has 0 heterocycles. The summed E-state index contributed by atoms with van der Waals surface area (Å²) in [5.74, 6) is 0. The van der Waals surface area contributed by atoms with Gasteiger partial charge < -0.3 is 0 Å². The fraction of sp³-hybridized carbons (Fsp3) is 0.833. The van der Waals surface area contributed by atoms with Crippen molar-refractivity contribution in [3.05, 3.63) is 12.2 Å². The molecule has 0 rings (SSSR count). The molecule has 0 atom stereocenters. The summed E-state index contributed by atoms with van der Waals surface area (Å²) in [5.41, 5.74) is 0. The van der Waals surface area contributed by atoms with Crippen LogP contribution >= 0.6 is 0 Å². The van der Waals surface area contributed by atoms with Crippen molar-refractivity contribution in [2.24, 2.45) is 0 Å². The highest BCUT2D eigenvalue weighted by molar-refractivity contribution is 4.75. The molecule has 0 aliphatic carbocycles. The molecule has 0 saturated heterocycles. The monoisotopic (exact) mass is 172 g/mol. The maximum Gasteiger partial charge on any atom is -0.0351 e. The third-order valence-electron chi connectivity index (χ3n) is 0.960. The fourth-order valence-electron chi connectivity index (χ4n) is 0.489. The zero-order chi connectivity index (χ0) is 10.2. The van der Waals surface area contributed by atoms with E-state index in [1.54, 1.807) is 0 Å². The quantitative estimate of drug-likeness (QED) is 0.405. The van der Waals surface area contributed by atoms with Crippen LogP contribution < -0.4 is 0 Å². The van der Waals surface area contributed by atoms with E-state index >= 15 is 0 Å². The Hall–Kier alpha value is -0.260. The number of unbranched alkanes of at least 4 members (excludes halogenated alkanes) is 2. The van der Waals surface area contributed by atoms with Crippen LogP contribution in [0.2, 0.25) is 0 Å². The van der Waals surface area contributed by atoms with Crippen molar-refractivity contribution in [3.8, 4) is 0 Å². The molecule has 0 aliphatic rings. The van der Waals surface area contributed by atoms with Gasteiger partial charge in [0.15, 0.2) is 0 Å². The first-order valence-corrected chi connectivity index (χ1v) is 5.44. The van der Waals surface area contributed by atoms with E-state index in [0.717, 1.165) is 0 Å². The van der Waals surface area contributed by atoms with Gasteiger partial charge in [0.25, 0.3) is 0 Å². The minimum Gasteiger partial charge on any atom is -0.0917 e. The molecule has 0 aliphatic heterocycles. The van der Waals surface area contributed by atoms with Crippen LogP contribution in [0.3, 0.4) is 0 Å². The van der Waals surface area contributed by atoms with Crippen molar-refractivity contribution in [1.82, 2.24) is 0 Å². The predicted molar refractivity (Wildman–Crippen MR) is 61.7 cm³/mol. The minimum atomic E-state index is 1.25. The Labute approximate surface area is 80.1 Å². The lowest BCUT2D eigenvalue weighted by atomic mass is 10.2. The molecule has 0 heteroatoms. The van der Waals surface area contributed by atoms with Gasteiger partial charge in [-0.2, -0.15) is 0 Å². The van der Waals surface area contributed by atoms with Gasteiger partial charge in [-0.05, 0) is 13.3 Å². The Kier molecular flexibility index (Phi) is 45.7. The average molecular weight is 172 g/mol. The Morgan fingerprint density at radius 3 is 1.67 bits per heavy atom. The summed E-state index contributed by atoms with van der Waals surface area (Å²) in [6, 6.07) is 0. The standard InChI is InChI=1S/C7H14.C3H8.C2H6/c1-3-5-7-6-4-2;1-3-2;1-2/h3,5H,4,6-7H2,1-2H3;3H2,1-2H3;1-2H3/b5-3-;;. The van der Waals surface area contributed by atoms with Crippen molar-refractivity contribution >= 4 is 0 Å². The van der Waals surface area contributed by atoms with Crippen LogP contribution in [0.25, 0.3) is 0 Å². The second-order valence-corrected chi connectivity index (χ2v) is 2.42. The average Bonchev–Trinajstić information content (AvgIpc) is 2.11. The van der Waals surface area contributed by atoms with Crippen LogP contribution in [0.5, 0.6) is 0 Å². The second kappa shape index (κ2) is 30.9. The normalized spacial score (nSPS) is 8.17. The molecule has 0 fully saturated rings. The lowest BCUT2D eigenvalue weighted by Crippen LogP contribution is -1.63.